The molecular weight excluding hydrogens is 414 g/mol. The summed E-state index contributed by atoms with van der Waals surface area (Å²) in [5, 5.41) is 3.56. The molecule has 1 fully saturated rings. The van der Waals surface area contributed by atoms with Crippen LogP contribution in [0.1, 0.15) is 27.8 Å². The number of para-hydroxylation sites is 1. The van der Waals surface area contributed by atoms with E-state index in [1.54, 1.807) is 11.3 Å². The minimum atomic E-state index is -0.113. The van der Waals surface area contributed by atoms with Gasteiger partial charge >= 0.3 is 0 Å². The Morgan fingerprint density at radius 1 is 1.15 bits per heavy atom. The third-order valence-corrected chi connectivity index (χ3v) is 6.54. The van der Waals surface area contributed by atoms with Gasteiger partial charge in [-0.15, -0.1) is 11.3 Å². The lowest BCUT2D eigenvalue weighted by atomic mass is 10.1. The Hall–Kier alpha value is -1.41. The highest BCUT2D eigenvalue weighted by molar-refractivity contribution is 9.11. The maximum Gasteiger partial charge on any atom is 0.257 e. The first-order valence-corrected chi connectivity index (χ1v) is 10.6. The summed E-state index contributed by atoms with van der Waals surface area (Å²) in [6.07, 6.45) is 0.844. The number of morpholine rings is 1. The number of halogens is 1. The van der Waals surface area contributed by atoms with Gasteiger partial charge in [0.15, 0.2) is 0 Å². The molecule has 1 amide bonds. The van der Waals surface area contributed by atoms with Crippen LogP contribution in [0, 0.1) is 0 Å². The summed E-state index contributed by atoms with van der Waals surface area (Å²) in [5.74, 6) is 0.107. The van der Waals surface area contributed by atoms with Gasteiger partial charge in [-0.3, -0.25) is 9.69 Å². The molecule has 2 aliphatic rings. The van der Waals surface area contributed by atoms with E-state index >= 15 is 0 Å². The first-order valence-electron chi connectivity index (χ1n) is 8.94. The summed E-state index contributed by atoms with van der Waals surface area (Å²) in [6, 6.07) is 11.9. The van der Waals surface area contributed by atoms with Crippen molar-refractivity contribution in [1.82, 2.24) is 9.80 Å². The number of anilines is 1. The lowest BCUT2D eigenvalue weighted by Gasteiger charge is -2.38. The molecule has 0 radical (unpaired) electrons. The zero-order valence-corrected chi connectivity index (χ0v) is 16.9. The number of thiophene rings is 1. The van der Waals surface area contributed by atoms with Crippen LogP contribution in [0.25, 0.3) is 0 Å². The van der Waals surface area contributed by atoms with Gasteiger partial charge in [0.1, 0.15) is 6.17 Å². The van der Waals surface area contributed by atoms with E-state index in [-0.39, 0.29) is 12.1 Å². The van der Waals surface area contributed by atoms with Crippen LogP contribution in [0.15, 0.2) is 40.2 Å². The van der Waals surface area contributed by atoms with Gasteiger partial charge in [-0.2, -0.15) is 0 Å². The molecule has 5 nitrogen and oxygen atoms in total. The third-order valence-electron chi connectivity index (χ3n) is 4.86. The zero-order chi connectivity index (χ0) is 17.9. The molecule has 1 aromatic heterocycles. The Balaban J connectivity index is 1.51. The number of nitrogens with one attached hydrogen (secondary N) is 1. The highest BCUT2D eigenvalue weighted by atomic mass is 79.9. The highest BCUT2D eigenvalue weighted by Crippen LogP contribution is 2.37. The van der Waals surface area contributed by atoms with E-state index in [9.17, 15) is 4.79 Å². The lowest BCUT2D eigenvalue weighted by molar-refractivity contribution is 0.0348. The van der Waals surface area contributed by atoms with Gasteiger partial charge in [-0.05, 0) is 46.6 Å². The van der Waals surface area contributed by atoms with Crippen LogP contribution in [0.5, 0.6) is 0 Å². The Labute approximate surface area is 166 Å². The maximum absolute atomic E-state index is 13.1. The first kappa shape index (κ1) is 18.0. The second kappa shape index (κ2) is 8.08. The standard InChI is InChI=1S/C19H22BrN3O2S/c20-17-7-6-16(26-17)18-21-15-5-2-1-4-14(15)19(24)23(18)9-3-8-22-10-12-25-13-11-22/h1-2,4-7,18,21H,3,8-13H2. The van der Waals surface area contributed by atoms with Crippen LogP contribution < -0.4 is 5.32 Å². The molecule has 0 saturated carbocycles. The normalized spacial score (nSPS) is 20.7. The van der Waals surface area contributed by atoms with Gasteiger partial charge in [0.25, 0.3) is 5.91 Å². The van der Waals surface area contributed by atoms with Crippen LogP contribution in [-0.4, -0.2) is 55.1 Å². The van der Waals surface area contributed by atoms with Gasteiger partial charge in [-0.1, -0.05) is 12.1 Å². The van der Waals surface area contributed by atoms with Crippen molar-refractivity contribution >= 4 is 38.9 Å². The Kier molecular flexibility index (Phi) is 5.59. The largest absolute Gasteiger partial charge is 0.379 e. The fourth-order valence-corrected chi connectivity index (χ4v) is 5.00. The quantitative estimate of drug-likeness (QED) is 0.775. The molecule has 1 saturated heterocycles. The van der Waals surface area contributed by atoms with Crippen LogP contribution >= 0.6 is 27.3 Å². The van der Waals surface area contributed by atoms with E-state index in [1.807, 2.05) is 35.2 Å². The van der Waals surface area contributed by atoms with E-state index in [0.717, 1.165) is 65.7 Å². The summed E-state index contributed by atoms with van der Waals surface area (Å²) >= 11 is 5.21. The van der Waals surface area contributed by atoms with Crippen LogP contribution in [0.3, 0.4) is 0 Å². The number of carbonyl (C=O) groups excluding carboxylic acids is 1. The van der Waals surface area contributed by atoms with E-state index in [1.165, 1.54) is 0 Å². The molecule has 138 valence electrons. The number of fused-ring (bicyclic) bond motifs is 1. The van der Waals surface area contributed by atoms with Gasteiger partial charge in [0.2, 0.25) is 0 Å². The average Bonchev–Trinajstić information content (AvgIpc) is 3.10. The average molecular weight is 436 g/mol. The molecule has 0 spiro atoms. The van der Waals surface area contributed by atoms with E-state index in [0.29, 0.717) is 0 Å². The number of ether oxygens (including phenoxy) is 1. The summed E-state index contributed by atoms with van der Waals surface area (Å²) < 4.78 is 6.49. The number of benzene rings is 1. The van der Waals surface area contributed by atoms with Gasteiger partial charge < -0.3 is 15.0 Å². The predicted molar refractivity (Wildman–Crippen MR) is 108 cm³/mol. The minimum Gasteiger partial charge on any atom is -0.379 e. The number of carbonyl (C=O) groups is 1. The topological polar surface area (TPSA) is 44.8 Å². The van der Waals surface area contributed by atoms with Gasteiger partial charge in [0, 0.05) is 36.7 Å². The Bertz CT molecular complexity index is 776. The van der Waals surface area contributed by atoms with Crippen molar-refractivity contribution in [3.05, 3.63) is 50.6 Å². The van der Waals surface area contributed by atoms with Gasteiger partial charge in [0.05, 0.1) is 22.6 Å². The minimum absolute atomic E-state index is 0.107. The van der Waals surface area contributed by atoms with Crippen LogP contribution in [0.2, 0.25) is 0 Å². The summed E-state index contributed by atoms with van der Waals surface area (Å²) in [5.41, 5.74) is 1.67. The van der Waals surface area contributed by atoms with Crippen molar-refractivity contribution in [2.75, 3.05) is 44.7 Å². The molecule has 26 heavy (non-hydrogen) atoms. The van der Waals surface area contributed by atoms with E-state index in [2.05, 4.69) is 32.2 Å². The van der Waals surface area contributed by atoms with Crippen LogP contribution in [0.4, 0.5) is 5.69 Å². The van der Waals surface area contributed by atoms with E-state index in [4.69, 9.17) is 4.74 Å². The van der Waals surface area contributed by atoms with Crippen molar-refractivity contribution in [2.45, 2.75) is 12.6 Å². The molecule has 2 aliphatic heterocycles. The second-order valence-corrected chi connectivity index (χ2v) is 9.04. The molecule has 1 atom stereocenters. The number of hydrogen-bond acceptors (Lipinski definition) is 5. The molecule has 2 aromatic rings. The van der Waals surface area contributed by atoms with Crippen molar-refractivity contribution in [3.8, 4) is 0 Å². The molecule has 1 aromatic carbocycles. The predicted octanol–water partition coefficient (Wildman–Crippen LogP) is 3.80. The molecular formula is C19H22BrN3O2S. The maximum atomic E-state index is 13.1. The smallest absolute Gasteiger partial charge is 0.257 e. The fraction of sp³-hybridized carbons (Fsp3) is 0.421. The van der Waals surface area contributed by atoms with Gasteiger partial charge in [-0.25, -0.2) is 0 Å². The molecule has 0 bridgehead atoms. The number of amides is 1. The monoisotopic (exact) mass is 435 g/mol. The first-order chi connectivity index (χ1) is 12.7. The SMILES string of the molecule is O=C1c2ccccc2NC(c2ccc(Br)s2)N1CCCN1CCOCC1. The zero-order valence-electron chi connectivity index (χ0n) is 14.5. The Morgan fingerprint density at radius 3 is 2.73 bits per heavy atom. The van der Waals surface area contributed by atoms with Crippen LogP contribution in [-0.2, 0) is 4.74 Å². The van der Waals surface area contributed by atoms with Crippen molar-refractivity contribution in [3.63, 3.8) is 0 Å². The van der Waals surface area contributed by atoms with Crippen molar-refractivity contribution in [2.24, 2.45) is 0 Å². The van der Waals surface area contributed by atoms with Crippen molar-refractivity contribution < 1.29 is 9.53 Å². The lowest BCUT2D eigenvalue weighted by Crippen LogP contribution is -2.44. The highest BCUT2D eigenvalue weighted by Gasteiger charge is 2.33. The fourth-order valence-electron chi connectivity index (χ4n) is 3.51. The van der Waals surface area contributed by atoms with Crippen molar-refractivity contribution in [1.29, 1.82) is 0 Å². The molecule has 0 aliphatic carbocycles. The molecule has 4 rings (SSSR count). The molecule has 1 unspecified atom stereocenters. The molecule has 7 heteroatoms. The molecule has 3 heterocycles. The second-order valence-electron chi connectivity index (χ2n) is 6.54. The summed E-state index contributed by atoms with van der Waals surface area (Å²) in [6.45, 7) is 5.31. The molecule has 1 N–H and O–H groups in total. The third kappa shape index (κ3) is 3.81. The van der Waals surface area contributed by atoms with E-state index < -0.39 is 0 Å². The number of hydrogen-bond donors (Lipinski definition) is 1. The number of nitrogens with zero attached hydrogens (tertiary/aromatic N) is 2. The Morgan fingerprint density at radius 2 is 1.96 bits per heavy atom. The number of rotatable bonds is 5. The summed E-state index contributed by atoms with van der Waals surface area (Å²) in [7, 11) is 0. The summed E-state index contributed by atoms with van der Waals surface area (Å²) in [4.78, 5) is 18.7.